The van der Waals surface area contributed by atoms with Gasteiger partial charge < -0.3 is 25.5 Å². The lowest BCUT2D eigenvalue weighted by Crippen LogP contribution is -2.37. The molecule has 26 heavy (non-hydrogen) atoms. The van der Waals surface area contributed by atoms with Crippen molar-refractivity contribution in [2.75, 3.05) is 26.2 Å². The largest absolute Gasteiger partial charge is 0.508 e. The van der Waals surface area contributed by atoms with E-state index in [-0.39, 0.29) is 17.4 Å². The lowest BCUT2D eigenvalue weighted by molar-refractivity contribution is 0.0941. The zero-order chi connectivity index (χ0) is 18.4. The van der Waals surface area contributed by atoms with Gasteiger partial charge in [0.15, 0.2) is 5.69 Å². The van der Waals surface area contributed by atoms with Gasteiger partial charge in [-0.1, -0.05) is 18.6 Å². The summed E-state index contributed by atoms with van der Waals surface area (Å²) in [4.78, 5) is 18.8. The molecule has 1 fully saturated rings. The molecule has 1 atom stereocenters. The number of benzene rings is 1. The molecule has 1 aromatic heterocycles. The highest BCUT2D eigenvalue weighted by Gasteiger charge is 2.18. The Hall–Kier alpha value is -2.38. The second kappa shape index (κ2) is 8.82. The number of nitrogens with one attached hydrogen (secondary N) is 1. The van der Waals surface area contributed by atoms with E-state index >= 15 is 0 Å². The van der Waals surface area contributed by atoms with Crippen molar-refractivity contribution in [3.05, 3.63) is 47.7 Å². The van der Waals surface area contributed by atoms with Gasteiger partial charge in [0.05, 0.1) is 6.04 Å². The van der Waals surface area contributed by atoms with Crippen molar-refractivity contribution in [1.29, 1.82) is 0 Å². The lowest BCUT2D eigenvalue weighted by Gasteiger charge is -2.26. The van der Waals surface area contributed by atoms with Crippen LogP contribution in [0.3, 0.4) is 0 Å². The summed E-state index contributed by atoms with van der Waals surface area (Å²) < 4.78 is 5.38. The van der Waals surface area contributed by atoms with Crippen molar-refractivity contribution in [3.63, 3.8) is 0 Å². The van der Waals surface area contributed by atoms with Crippen LogP contribution in [0.4, 0.5) is 0 Å². The van der Waals surface area contributed by atoms with Crippen LogP contribution >= 0.6 is 0 Å². The van der Waals surface area contributed by atoms with Gasteiger partial charge in [-0.3, -0.25) is 4.79 Å². The number of nitrogens with zero attached hydrogens (tertiary/aromatic N) is 2. The Kier molecular flexibility index (Phi) is 6.25. The van der Waals surface area contributed by atoms with E-state index in [1.165, 1.54) is 25.5 Å². The molecule has 3 rings (SSSR count). The molecule has 1 unspecified atom stereocenters. The van der Waals surface area contributed by atoms with Crippen molar-refractivity contribution >= 4 is 5.91 Å². The summed E-state index contributed by atoms with van der Waals surface area (Å²) in [5, 5.41) is 12.2. The number of piperidine rings is 1. The summed E-state index contributed by atoms with van der Waals surface area (Å²) in [7, 11) is 0. The van der Waals surface area contributed by atoms with E-state index in [2.05, 4.69) is 15.2 Å². The number of likely N-dealkylation sites (tertiary alicyclic amines) is 1. The van der Waals surface area contributed by atoms with Crippen LogP contribution in [-0.2, 0) is 6.42 Å². The van der Waals surface area contributed by atoms with Crippen molar-refractivity contribution in [1.82, 2.24) is 15.2 Å². The maximum atomic E-state index is 12.2. The third-order valence-electron chi connectivity index (χ3n) is 4.63. The van der Waals surface area contributed by atoms with Gasteiger partial charge in [0, 0.05) is 13.1 Å². The molecule has 2 heterocycles. The number of oxazole rings is 1. The number of carbonyl (C=O) groups excluding carboxylic acids is 1. The normalized spacial score (nSPS) is 16.3. The van der Waals surface area contributed by atoms with E-state index in [9.17, 15) is 9.90 Å². The SMILES string of the molecule is NC(Cc1ccc(O)cc1)c1nc(C(=O)NCCN2CCCCC2)co1. The standard InChI is InChI=1S/C19H26N4O3/c20-16(12-14-4-6-15(24)7-5-14)19-22-17(13-26-19)18(25)21-8-11-23-9-2-1-3-10-23/h4-7,13,16,24H,1-3,8-12,20H2,(H,21,25). The van der Waals surface area contributed by atoms with Crippen molar-refractivity contribution in [2.24, 2.45) is 5.73 Å². The van der Waals surface area contributed by atoms with E-state index in [0.29, 0.717) is 18.9 Å². The third kappa shape index (κ3) is 5.06. The van der Waals surface area contributed by atoms with Gasteiger partial charge in [-0.2, -0.15) is 0 Å². The molecule has 1 aliphatic heterocycles. The Morgan fingerprint density at radius 2 is 2.00 bits per heavy atom. The summed E-state index contributed by atoms with van der Waals surface area (Å²) in [6, 6.07) is 6.37. The predicted molar refractivity (Wildman–Crippen MR) is 97.9 cm³/mol. The van der Waals surface area contributed by atoms with Crippen molar-refractivity contribution in [3.8, 4) is 5.75 Å². The molecule has 140 valence electrons. The number of carbonyl (C=O) groups is 1. The van der Waals surface area contributed by atoms with E-state index in [1.807, 2.05) is 0 Å². The van der Waals surface area contributed by atoms with Crippen LogP contribution in [0, 0.1) is 0 Å². The minimum Gasteiger partial charge on any atom is -0.508 e. The first-order valence-corrected chi connectivity index (χ1v) is 9.11. The molecule has 1 aromatic carbocycles. The average molecular weight is 358 g/mol. The van der Waals surface area contributed by atoms with Crippen LogP contribution in [-0.4, -0.2) is 47.1 Å². The van der Waals surface area contributed by atoms with E-state index in [4.69, 9.17) is 10.2 Å². The van der Waals surface area contributed by atoms with Crippen LogP contribution in [0.1, 0.15) is 47.2 Å². The minimum absolute atomic E-state index is 0.210. The first-order valence-electron chi connectivity index (χ1n) is 9.11. The van der Waals surface area contributed by atoms with Gasteiger partial charge in [0.2, 0.25) is 5.89 Å². The second-order valence-corrected chi connectivity index (χ2v) is 6.71. The molecule has 1 saturated heterocycles. The fourth-order valence-corrected chi connectivity index (χ4v) is 3.14. The number of amides is 1. The monoisotopic (exact) mass is 358 g/mol. The first-order chi connectivity index (χ1) is 12.6. The molecule has 7 heteroatoms. The number of phenols is 1. The van der Waals surface area contributed by atoms with Crippen molar-refractivity contribution < 1.29 is 14.3 Å². The zero-order valence-electron chi connectivity index (χ0n) is 14.9. The number of hydrogen-bond acceptors (Lipinski definition) is 6. The van der Waals surface area contributed by atoms with Gasteiger partial charge in [0.25, 0.3) is 5.91 Å². The molecular weight excluding hydrogens is 332 g/mol. The molecule has 1 aliphatic rings. The van der Waals surface area contributed by atoms with Crippen LogP contribution in [0.15, 0.2) is 34.9 Å². The average Bonchev–Trinajstić information content (AvgIpc) is 3.15. The highest BCUT2D eigenvalue weighted by Crippen LogP contribution is 2.18. The van der Waals surface area contributed by atoms with Crippen LogP contribution in [0.5, 0.6) is 5.75 Å². The molecule has 2 aromatic rings. The van der Waals surface area contributed by atoms with Gasteiger partial charge in [0.1, 0.15) is 12.0 Å². The minimum atomic E-state index is -0.450. The molecule has 1 amide bonds. The Morgan fingerprint density at radius 1 is 1.27 bits per heavy atom. The highest BCUT2D eigenvalue weighted by molar-refractivity contribution is 5.91. The van der Waals surface area contributed by atoms with Gasteiger partial charge in [-0.25, -0.2) is 4.98 Å². The molecule has 4 N–H and O–H groups in total. The van der Waals surface area contributed by atoms with E-state index < -0.39 is 6.04 Å². The summed E-state index contributed by atoms with van der Waals surface area (Å²) in [6.45, 7) is 3.67. The Labute approximate surface area is 153 Å². The number of aromatic hydroxyl groups is 1. The maximum Gasteiger partial charge on any atom is 0.273 e. The molecule has 0 saturated carbocycles. The van der Waals surface area contributed by atoms with Crippen LogP contribution in [0.2, 0.25) is 0 Å². The van der Waals surface area contributed by atoms with E-state index in [0.717, 1.165) is 25.2 Å². The lowest BCUT2D eigenvalue weighted by atomic mass is 10.1. The number of nitrogens with two attached hydrogens (primary N) is 1. The number of phenolic OH excluding ortho intramolecular Hbond substituents is 1. The first kappa shape index (κ1) is 18.4. The molecule has 0 bridgehead atoms. The van der Waals surface area contributed by atoms with Gasteiger partial charge in [-0.15, -0.1) is 0 Å². The Bertz CT molecular complexity index is 708. The highest BCUT2D eigenvalue weighted by atomic mass is 16.3. The smallest absolute Gasteiger partial charge is 0.273 e. The fraction of sp³-hybridized carbons (Fsp3) is 0.474. The number of hydrogen-bond donors (Lipinski definition) is 3. The summed E-state index contributed by atoms with van der Waals surface area (Å²) in [6.07, 6.45) is 5.63. The fourth-order valence-electron chi connectivity index (χ4n) is 3.14. The molecule has 0 radical (unpaired) electrons. The van der Waals surface area contributed by atoms with Crippen LogP contribution < -0.4 is 11.1 Å². The quantitative estimate of drug-likeness (QED) is 0.698. The maximum absolute atomic E-state index is 12.2. The number of rotatable bonds is 7. The van der Waals surface area contributed by atoms with Gasteiger partial charge >= 0.3 is 0 Å². The summed E-state index contributed by atoms with van der Waals surface area (Å²) in [5.74, 6) is 0.301. The van der Waals surface area contributed by atoms with Crippen LogP contribution in [0.25, 0.3) is 0 Å². The van der Waals surface area contributed by atoms with E-state index in [1.54, 1.807) is 24.3 Å². The second-order valence-electron chi connectivity index (χ2n) is 6.71. The zero-order valence-corrected chi connectivity index (χ0v) is 14.9. The third-order valence-corrected chi connectivity index (χ3v) is 4.63. The molecular formula is C19H26N4O3. The van der Waals surface area contributed by atoms with Crippen molar-refractivity contribution in [2.45, 2.75) is 31.7 Å². The molecule has 0 spiro atoms. The number of aromatic nitrogens is 1. The topological polar surface area (TPSA) is 105 Å². The Balaban J connectivity index is 1.48. The summed E-state index contributed by atoms with van der Waals surface area (Å²) in [5.41, 5.74) is 7.33. The molecule has 0 aliphatic carbocycles. The summed E-state index contributed by atoms with van der Waals surface area (Å²) >= 11 is 0. The Morgan fingerprint density at radius 3 is 2.73 bits per heavy atom. The van der Waals surface area contributed by atoms with Gasteiger partial charge in [-0.05, 0) is 50.0 Å². The predicted octanol–water partition coefficient (Wildman–Crippen LogP) is 1.84. The molecule has 7 nitrogen and oxygen atoms in total.